The molecule has 0 unspecified atom stereocenters. The smallest absolute Gasteiger partial charge is 0.166 e. The molecule has 0 radical (unpaired) electrons. The van der Waals surface area contributed by atoms with Gasteiger partial charge in [0.2, 0.25) is 0 Å². The predicted octanol–water partition coefficient (Wildman–Crippen LogP) is 1.15. The molecule has 18 heavy (non-hydrogen) atoms. The zero-order chi connectivity index (χ0) is 13.2. The molecule has 4 nitrogen and oxygen atoms in total. The topological polar surface area (TPSA) is 83.5 Å². The van der Waals surface area contributed by atoms with Gasteiger partial charge >= 0.3 is 0 Å². The number of carbonyl (C=O) groups excluding carboxylic acids is 1. The number of carbonyl (C=O) groups is 1. The van der Waals surface area contributed by atoms with E-state index >= 15 is 0 Å². The van der Waals surface area contributed by atoms with Gasteiger partial charge in [0, 0.05) is 11.1 Å². The Morgan fingerprint density at radius 1 is 1.28 bits per heavy atom. The lowest BCUT2D eigenvalue weighted by atomic mass is 9.87. The molecule has 0 aromatic heterocycles. The summed E-state index contributed by atoms with van der Waals surface area (Å²) in [4.78, 5) is 10.6. The van der Waals surface area contributed by atoms with Gasteiger partial charge in [0.05, 0.1) is 0 Å². The molecular weight excluding hydrogens is 230 g/mol. The standard InChI is InChI=1S/C14H19NO3/c15-14(18,13(17)11-3-1-2-4-11)12-7-5-10(9-16)6-8-12/h5-9,11,13,17-18H,1-4,15H2/t13-,14-/m1/s1. The van der Waals surface area contributed by atoms with Crippen molar-refractivity contribution in [3.63, 3.8) is 0 Å². The number of hydrogen-bond acceptors (Lipinski definition) is 4. The lowest BCUT2D eigenvalue weighted by molar-refractivity contribution is -0.102. The first-order valence-corrected chi connectivity index (χ1v) is 6.30. The van der Waals surface area contributed by atoms with Crippen molar-refractivity contribution in [1.29, 1.82) is 0 Å². The highest BCUT2D eigenvalue weighted by Crippen LogP contribution is 2.34. The van der Waals surface area contributed by atoms with E-state index in [0.717, 1.165) is 32.0 Å². The molecule has 1 fully saturated rings. The van der Waals surface area contributed by atoms with Crippen molar-refractivity contribution in [2.75, 3.05) is 0 Å². The Hall–Kier alpha value is -1.23. The third-order valence-electron chi connectivity index (χ3n) is 3.81. The van der Waals surface area contributed by atoms with Gasteiger partial charge in [0.1, 0.15) is 12.4 Å². The first-order chi connectivity index (χ1) is 8.55. The fraction of sp³-hybridized carbons (Fsp3) is 0.500. The molecule has 4 N–H and O–H groups in total. The summed E-state index contributed by atoms with van der Waals surface area (Å²) in [6.45, 7) is 0. The largest absolute Gasteiger partial charge is 0.388 e. The second-order valence-corrected chi connectivity index (χ2v) is 5.05. The monoisotopic (exact) mass is 249 g/mol. The van der Waals surface area contributed by atoms with Gasteiger partial charge in [-0.3, -0.25) is 10.5 Å². The molecule has 1 aromatic carbocycles. The van der Waals surface area contributed by atoms with Crippen LogP contribution < -0.4 is 5.73 Å². The highest BCUT2D eigenvalue weighted by atomic mass is 16.4. The fourth-order valence-corrected chi connectivity index (χ4v) is 2.63. The van der Waals surface area contributed by atoms with E-state index in [0.29, 0.717) is 11.1 Å². The summed E-state index contributed by atoms with van der Waals surface area (Å²) >= 11 is 0. The maximum Gasteiger partial charge on any atom is 0.166 e. The first-order valence-electron chi connectivity index (χ1n) is 6.30. The van der Waals surface area contributed by atoms with Crippen molar-refractivity contribution in [3.8, 4) is 0 Å². The molecule has 0 heterocycles. The Labute approximate surface area is 106 Å². The Kier molecular flexibility index (Phi) is 3.80. The van der Waals surface area contributed by atoms with Crippen LogP contribution in [0.4, 0.5) is 0 Å². The molecule has 98 valence electrons. The zero-order valence-electron chi connectivity index (χ0n) is 10.2. The van der Waals surface area contributed by atoms with Gasteiger partial charge in [0.15, 0.2) is 5.72 Å². The summed E-state index contributed by atoms with van der Waals surface area (Å²) in [7, 11) is 0. The summed E-state index contributed by atoms with van der Waals surface area (Å²) in [5.74, 6) is 0.0470. The molecule has 1 aliphatic carbocycles. The summed E-state index contributed by atoms with van der Waals surface area (Å²) in [6.07, 6.45) is 3.69. The van der Waals surface area contributed by atoms with Gasteiger partial charge < -0.3 is 10.2 Å². The van der Waals surface area contributed by atoms with Gasteiger partial charge in [-0.1, -0.05) is 37.1 Å². The van der Waals surface area contributed by atoms with Crippen molar-refractivity contribution < 1.29 is 15.0 Å². The molecule has 0 spiro atoms. The number of aldehydes is 1. The SMILES string of the molecule is N[C@@](O)(c1ccc(C=O)cc1)[C@H](O)C1CCCC1. The molecule has 0 aliphatic heterocycles. The van der Waals surface area contributed by atoms with E-state index in [1.54, 1.807) is 24.3 Å². The molecule has 1 aliphatic rings. The van der Waals surface area contributed by atoms with Gasteiger partial charge in [-0.15, -0.1) is 0 Å². The van der Waals surface area contributed by atoms with E-state index in [1.807, 2.05) is 0 Å². The molecule has 1 saturated carbocycles. The number of aliphatic hydroxyl groups is 2. The van der Waals surface area contributed by atoms with Crippen molar-refractivity contribution in [2.24, 2.45) is 11.7 Å². The van der Waals surface area contributed by atoms with Crippen molar-refractivity contribution in [2.45, 2.75) is 37.5 Å². The quantitative estimate of drug-likeness (QED) is 0.552. The molecule has 4 heteroatoms. The molecule has 0 saturated heterocycles. The first kappa shape index (κ1) is 13.2. The highest BCUT2D eigenvalue weighted by molar-refractivity contribution is 5.74. The Morgan fingerprint density at radius 2 is 1.83 bits per heavy atom. The average molecular weight is 249 g/mol. The fourth-order valence-electron chi connectivity index (χ4n) is 2.63. The van der Waals surface area contributed by atoms with Crippen LogP contribution >= 0.6 is 0 Å². The Bertz CT molecular complexity index is 408. The second kappa shape index (κ2) is 5.18. The molecule has 1 aromatic rings. The van der Waals surface area contributed by atoms with Crippen molar-refractivity contribution >= 4 is 6.29 Å². The van der Waals surface area contributed by atoms with Crippen LogP contribution in [0.25, 0.3) is 0 Å². The van der Waals surface area contributed by atoms with E-state index in [1.165, 1.54) is 0 Å². The predicted molar refractivity (Wildman–Crippen MR) is 67.9 cm³/mol. The molecule has 0 amide bonds. The zero-order valence-corrected chi connectivity index (χ0v) is 10.2. The second-order valence-electron chi connectivity index (χ2n) is 5.05. The minimum Gasteiger partial charge on any atom is -0.388 e. The van der Waals surface area contributed by atoms with Gasteiger partial charge in [0.25, 0.3) is 0 Å². The molecule has 0 bridgehead atoms. The lowest BCUT2D eigenvalue weighted by Gasteiger charge is -2.33. The third-order valence-corrected chi connectivity index (χ3v) is 3.81. The van der Waals surface area contributed by atoms with E-state index in [4.69, 9.17) is 5.73 Å². The van der Waals surface area contributed by atoms with Gasteiger partial charge in [-0.25, -0.2) is 0 Å². The van der Waals surface area contributed by atoms with Crippen LogP contribution in [0.2, 0.25) is 0 Å². The normalized spacial score (nSPS) is 21.5. The van der Waals surface area contributed by atoms with Crippen LogP contribution in [0.3, 0.4) is 0 Å². The molecular formula is C14H19NO3. The number of benzene rings is 1. The minimum atomic E-state index is -1.75. The summed E-state index contributed by atoms with van der Waals surface area (Å²) < 4.78 is 0. The summed E-state index contributed by atoms with van der Waals surface area (Å²) in [5.41, 5.74) is 5.07. The number of aliphatic hydroxyl groups excluding tert-OH is 1. The van der Waals surface area contributed by atoms with Crippen LogP contribution in [0.1, 0.15) is 41.6 Å². The van der Waals surface area contributed by atoms with Crippen molar-refractivity contribution in [1.82, 2.24) is 0 Å². The van der Waals surface area contributed by atoms with E-state index in [9.17, 15) is 15.0 Å². The van der Waals surface area contributed by atoms with Crippen LogP contribution in [0, 0.1) is 5.92 Å². The maximum atomic E-state index is 10.6. The maximum absolute atomic E-state index is 10.6. The summed E-state index contributed by atoms with van der Waals surface area (Å²) in [5, 5.41) is 20.5. The Morgan fingerprint density at radius 3 is 2.33 bits per heavy atom. The molecule has 2 rings (SSSR count). The third kappa shape index (κ3) is 2.46. The highest BCUT2D eigenvalue weighted by Gasteiger charge is 2.39. The van der Waals surface area contributed by atoms with Crippen LogP contribution in [0.5, 0.6) is 0 Å². The van der Waals surface area contributed by atoms with Gasteiger partial charge in [-0.2, -0.15) is 0 Å². The minimum absolute atomic E-state index is 0.0470. The number of hydrogen-bond donors (Lipinski definition) is 3. The number of rotatable bonds is 4. The van der Waals surface area contributed by atoms with Crippen molar-refractivity contribution in [3.05, 3.63) is 35.4 Å². The van der Waals surface area contributed by atoms with Crippen LogP contribution in [0.15, 0.2) is 24.3 Å². The van der Waals surface area contributed by atoms with Crippen LogP contribution in [-0.4, -0.2) is 22.6 Å². The van der Waals surface area contributed by atoms with E-state index < -0.39 is 11.8 Å². The Balaban J connectivity index is 2.19. The van der Waals surface area contributed by atoms with E-state index in [2.05, 4.69) is 0 Å². The van der Waals surface area contributed by atoms with Crippen LogP contribution in [-0.2, 0) is 5.72 Å². The lowest BCUT2D eigenvalue weighted by Crippen LogP contribution is -2.50. The molecule has 2 atom stereocenters. The number of nitrogens with two attached hydrogens (primary N) is 1. The van der Waals surface area contributed by atoms with Gasteiger partial charge in [-0.05, 0) is 18.8 Å². The van der Waals surface area contributed by atoms with E-state index in [-0.39, 0.29) is 5.92 Å². The summed E-state index contributed by atoms with van der Waals surface area (Å²) in [6, 6.07) is 6.34. The average Bonchev–Trinajstić information content (AvgIpc) is 2.91.